The minimum absolute atomic E-state index is 0.598. The van der Waals surface area contributed by atoms with Crippen LogP contribution >= 0.6 is 34.2 Å². The van der Waals surface area contributed by atoms with E-state index in [0.29, 0.717) is 9.84 Å². The van der Waals surface area contributed by atoms with Crippen molar-refractivity contribution in [2.24, 2.45) is 0 Å². The number of hydrogen-bond acceptors (Lipinski definition) is 1. The molecule has 1 aliphatic rings. The molecule has 3 rings (SSSR count). The maximum absolute atomic E-state index is 6.01. The second kappa shape index (κ2) is 7.12. The average molecular weight is 412 g/mol. The Morgan fingerprint density at radius 1 is 1.05 bits per heavy atom. The standard InChI is InChI=1S/C18H19ClIN/c19-16-8-6-15(7-9-16)17-13-21(11-10-18(17)20)12-14-4-2-1-3-5-14/h1-9,17-18H,10-13H2/t17-,18+/m0/s1. The van der Waals surface area contributed by atoms with Gasteiger partial charge in [0, 0.05) is 28.0 Å². The summed E-state index contributed by atoms with van der Waals surface area (Å²) in [7, 11) is 0. The third-order valence-electron chi connectivity index (χ3n) is 4.16. The van der Waals surface area contributed by atoms with Crippen LogP contribution in [0.3, 0.4) is 0 Å². The molecule has 0 saturated carbocycles. The third-order valence-corrected chi connectivity index (χ3v) is 5.90. The summed E-state index contributed by atoms with van der Waals surface area (Å²) < 4.78 is 0.704. The molecule has 0 spiro atoms. The van der Waals surface area contributed by atoms with E-state index in [0.717, 1.165) is 18.1 Å². The van der Waals surface area contributed by atoms with Crippen molar-refractivity contribution < 1.29 is 0 Å². The van der Waals surface area contributed by atoms with Crippen molar-refractivity contribution >= 4 is 34.2 Å². The molecule has 3 heteroatoms. The van der Waals surface area contributed by atoms with E-state index in [1.807, 2.05) is 12.1 Å². The van der Waals surface area contributed by atoms with Crippen molar-refractivity contribution in [2.75, 3.05) is 13.1 Å². The number of hydrogen-bond donors (Lipinski definition) is 0. The summed E-state index contributed by atoms with van der Waals surface area (Å²) in [6.45, 7) is 3.37. The fourth-order valence-corrected chi connectivity index (χ4v) is 4.05. The van der Waals surface area contributed by atoms with Crippen LogP contribution in [0.15, 0.2) is 54.6 Å². The van der Waals surface area contributed by atoms with Crippen LogP contribution in [0.4, 0.5) is 0 Å². The van der Waals surface area contributed by atoms with E-state index in [-0.39, 0.29) is 0 Å². The van der Waals surface area contributed by atoms with E-state index >= 15 is 0 Å². The van der Waals surface area contributed by atoms with Crippen molar-refractivity contribution in [1.29, 1.82) is 0 Å². The van der Waals surface area contributed by atoms with Crippen LogP contribution in [0.1, 0.15) is 23.5 Å². The number of alkyl halides is 1. The van der Waals surface area contributed by atoms with Crippen LogP contribution in [-0.4, -0.2) is 21.9 Å². The molecule has 1 nitrogen and oxygen atoms in total. The van der Waals surface area contributed by atoms with Crippen LogP contribution in [0.25, 0.3) is 0 Å². The lowest BCUT2D eigenvalue weighted by molar-refractivity contribution is 0.208. The molecule has 21 heavy (non-hydrogen) atoms. The predicted octanol–water partition coefficient (Wildman–Crippen LogP) is 5.13. The Labute approximate surface area is 145 Å². The molecular formula is C18H19ClIN. The van der Waals surface area contributed by atoms with Gasteiger partial charge in [0.05, 0.1) is 0 Å². The second-order valence-electron chi connectivity index (χ2n) is 5.68. The highest BCUT2D eigenvalue weighted by Gasteiger charge is 2.28. The Morgan fingerprint density at radius 3 is 2.48 bits per heavy atom. The lowest BCUT2D eigenvalue weighted by Crippen LogP contribution is -2.39. The van der Waals surface area contributed by atoms with E-state index in [1.165, 1.54) is 24.1 Å². The molecule has 0 aliphatic carbocycles. The summed E-state index contributed by atoms with van der Waals surface area (Å²) in [5.74, 6) is 0.598. The van der Waals surface area contributed by atoms with Gasteiger partial charge in [-0.1, -0.05) is 76.7 Å². The van der Waals surface area contributed by atoms with Gasteiger partial charge in [-0.3, -0.25) is 4.90 Å². The van der Waals surface area contributed by atoms with Crippen molar-refractivity contribution in [3.05, 3.63) is 70.7 Å². The maximum atomic E-state index is 6.01. The molecular weight excluding hydrogens is 393 g/mol. The molecule has 1 aliphatic heterocycles. The summed E-state index contributed by atoms with van der Waals surface area (Å²) in [6.07, 6.45) is 1.25. The SMILES string of the molecule is Clc1ccc([C@@H]2CN(Cc3ccccc3)CC[C@H]2I)cc1. The van der Waals surface area contributed by atoms with Crippen molar-refractivity contribution in [3.63, 3.8) is 0 Å². The highest BCUT2D eigenvalue weighted by Crippen LogP contribution is 2.33. The molecule has 1 heterocycles. The highest BCUT2D eigenvalue weighted by atomic mass is 127. The Kier molecular flexibility index (Phi) is 5.19. The molecule has 0 radical (unpaired) electrons. The number of rotatable bonds is 3. The van der Waals surface area contributed by atoms with Gasteiger partial charge in [-0.25, -0.2) is 0 Å². The average Bonchev–Trinajstić information content (AvgIpc) is 2.51. The highest BCUT2D eigenvalue weighted by molar-refractivity contribution is 14.1. The third kappa shape index (κ3) is 3.99. The van der Waals surface area contributed by atoms with Gasteiger partial charge >= 0.3 is 0 Å². The number of halogens is 2. The van der Waals surface area contributed by atoms with Crippen LogP contribution in [0, 0.1) is 0 Å². The normalized spacial score (nSPS) is 23.1. The van der Waals surface area contributed by atoms with Gasteiger partial charge in [-0.05, 0) is 36.2 Å². The summed E-state index contributed by atoms with van der Waals surface area (Å²) >= 11 is 8.62. The number of nitrogens with zero attached hydrogens (tertiary/aromatic N) is 1. The summed E-state index contributed by atoms with van der Waals surface area (Å²) in [5.41, 5.74) is 2.82. The molecule has 1 saturated heterocycles. The van der Waals surface area contributed by atoms with Crippen LogP contribution in [0.5, 0.6) is 0 Å². The summed E-state index contributed by atoms with van der Waals surface area (Å²) in [5, 5.41) is 0.820. The molecule has 1 fully saturated rings. The second-order valence-corrected chi connectivity index (χ2v) is 7.72. The van der Waals surface area contributed by atoms with Crippen LogP contribution in [-0.2, 0) is 6.54 Å². The van der Waals surface area contributed by atoms with Crippen molar-refractivity contribution in [2.45, 2.75) is 22.8 Å². The van der Waals surface area contributed by atoms with Gasteiger partial charge in [-0.15, -0.1) is 0 Å². The summed E-state index contributed by atoms with van der Waals surface area (Å²) in [4.78, 5) is 2.57. The topological polar surface area (TPSA) is 3.24 Å². The number of piperidine rings is 1. The minimum atomic E-state index is 0.598. The Morgan fingerprint density at radius 2 is 1.76 bits per heavy atom. The minimum Gasteiger partial charge on any atom is -0.298 e. The quantitative estimate of drug-likeness (QED) is 0.500. The zero-order chi connectivity index (χ0) is 14.7. The number of likely N-dealkylation sites (tertiary alicyclic amines) is 1. The predicted molar refractivity (Wildman–Crippen MR) is 98.3 cm³/mol. The van der Waals surface area contributed by atoms with E-state index in [4.69, 9.17) is 11.6 Å². The smallest absolute Gasteiger partial charge is 0.0406 e. The van der Waals surface area contributed by atoms with Crippen LogP contribution in [0.2, 0.25) is 5.02 Å². The van der Waals surface area contributed by atoms with E-state index in [1.54, 1.807) is 0 Å². The van der Waals surface area contributed by atoms with E-state index in [2.05, 4.69) is 70.0 Å². The maximum Gasteiger partial charge on any atom is 0.0406 e. The molecule has 110 valence electrons. The molecule has 0 amide bonds. The lowest BCUT2D eigenvalue weighted by Gasteiger charge is -2.36. The number of benzene rings is 2. The molecule has 2 aromatic carbocycles. The first-order valence-electron chi connectivity index (χ1n) is 7.38. The zero-order valence-electron chi connectivity index (χ0n) is 11.9. The van der Waals surface area contributed by atoms with Gasteiger partial charge in [0.2, 0.25) is 0 Å². The molecule has 0 unspecified atom stereocenters. The Balaban J connectivity index is 1.71. The fraction of sp³-hybridized carbons (Fsp3) is 0.333. The van der Waals surface area contributed by atoms with Crippen molar-refractivity contribution in [1.82, 2.24) is 4.90 Å². The molecule has 2 atom stereocenters. The van der Waals surface area contributed by atoms with E-state index < -0.39 is 0 Å². The van der Waals surface area contributed by atoms with Gasteiger partial charge in [0.1, 0.15) is 0 Å². The monoisotopic (exact) mass is 411 g/mol. The summed E-state index contributed by atoms with van der Waals surface area (Å²) in [6, 6.07) is 19.1. The van der Waals surface area contributed by atoms with E-state index in [9.17, 15) is 0 Å². The Hall–Kier alpha value is -0.580. The first kappa shape index (κ1) is 15.3. The molecule has 0 N–H and O–H groups in total. The van der Waals surface area contributed by atoms with Crippen molar-refractivity contribution in [3.8, 4) is 0 Å². The largest absolute Gasteiger partial charge is 0.298 e. The van der Waals surface area contributed by atoms with Gasteiger partial charge in [0.15, 0.2) is 0 Å². The Bertz CT molecular complexity index is 570. The molecule has 0 aromatic heterocycles. The molecule has 2 aromatic rings. The van der Waals surface area contributed by atoms with Gasteiger partial charge in [-0.2, -0.15) is 0 Å². The van der Waals surface area contributed by atoms with Gasteiger partial charge < -0.3 is 0 Å². The first-order chi connectivity index (χ1) is 10.2. The fourth-order valence-electron chi connectivity index (χ4n) is 3.00. The van der Waals surface area contributed by atoms with Crippen LogP contribution < -0.4 is 0 Å². The molecule has 0 bridgehead atoms. The zero-order valence-corrected chi connectivity index (χ0v) is 14.8. The van der Waals surface area contributed by atoms with Gasteiger partial charge in [0.25, 0.3) is 0 Å². The first-order valence-corrected chi connectivity index (χ1v) is 9.00. The lowest BCUT2D eigenvalue weighted by atomic mass is 9.90.